The normalized spacial score (nSPS) is 17.3. The maximum absolute atomic E-state index is 6.00. The summed E-state index contributed by atoms with van der Waals surface area (Å²) in [6.07, 6.45) is 0. The molecule has 16 heavy (non-hydrogen) atoms. The quantitative estimate of drug-likeness (QED) is 0.866. The minimum Gasteiger partial charge on any atom is -0.491 e. The Morgan fingerprint density at radius 1 is 1.25 bits per heavy atom. The second-order valence-corrected chi connectivity index (χ2v) is 4.28. The lowest BCUT2D eigenvalue weighted by Gasteiger charge is -2.26. The minimum atomic E-state index is 0.683. The summed E-state index contributed by atoms with van der Waals surface area (Å²) >= 11 is 6.00. The monoisotopic (exact) mass is 240 g/mol. The molecule has 0 aromatic heterocycles. The first-order chi connectivity index (χ1) is 7.86. The molecule has 0 saturated carbocycles. The summed E-state index contributed by atoms with van der Waals surface area (Å²) in [5, 5.41) is 4.01. The van der Waals surface area contributed by atoms with Gasteiger partial charge in [0.15, 0.2) is 0 Å². The number of hydrogen-bond acceptors (Lipinski definition) is 3. The van der Waals surface area contributed by atoms with E-state index in [1.54, 1.807) is 0 Å². The van der Waals surface area contributed by atoms with Gasteiger partial charge in [0.25, 0.3) is 0 Å². The van der Waals surface area contributed by atoms with Crippen LogP contribution in [0.1, 0.15) is 0 Å². The second-order valence-electron chi connectivity index (χ2n) is 3.87. The van der Waals surface area contributed by atoms with Crippen LogP contribution in [0.2, 0.25) is 5.02 Å². The Hall–Kier alpha value is -0.770. The first kappa shape index (κ1) is 11.7. The minimum absolute atomic E-state index is 0.683. The van der Waals surface area contributed by atoms with Gasteiger partial charge in [-0.3, -0.25) is 4.90 Å². The van der Waals surface area contributed by atoms with Gasteiger partial charge in [0, 0.05) is 32.7 Å². The molecule has 0 unspecified atom stereocenters. The molecule has 1 heterocycles. The Bertz CT molecular complexity index is 327. The molecule has 88 valence electrons. The number of rotatable bonds is 4. The van der Waals surface area contributed by atoms with Gasteiger partial charge in [-0.05, 0) is 12.1 Å². The largest absolute Gasteiger partial charge is 0.491 e. The number of para-hydroxylation sites is 1. The van der Waals surface area contributed by atoms with E-state index in [0.29, 0.717) is 11.6 Å². The molecule has 3 nitrogen and oxygen atoms in total. The maximum atomic E-state index is 6.00. The van der Waals surface area contributed by atoms with Gasteiger partial charge in [-0.25, -0.2) is 0 Å². The maximum Gasteiger partial charge on any atom is 0.137 e. The molecule has 1 aromatic rings. The lowest BCUT2D eigenvalue weighted by Crippen LogP contribution is -2.44. The van der Waals surface area contributed by atoms with E-state index in [4.69, 9.17) is 16.3 Å². The summed E-state index contributed by atoms with van der Waals surface area (Å²) in [6.45, 7) is 6.02. The fourth-order valence-electron chi connectivity index (χ4n) is 1.78. The molecule has 0 amide bonds. The molecule has 0 bridgehead atoms. The van der Waals surface area contributed by atoms with Crippen LogP contribution in [-0.2, 0) is 0 Å². The average Bonchev–Trinajstić information content (AvgIpc) is 2.33. The zero-order valence-electron chi connectivity index (χ0n) is 9.29. The molecule has 1 saturated heterocycles. The summed E-state index contributed by atoms with van der Waals surface area (Å²) in [6, 6.07) is 7.60. The molecule has 1 fully saturated rings. The van der Waals surface area contributed by atoms with Gasteiger partial charge in [0.05, 0.1) is 5.02 Å². The first-order valence-corrected chi connectivity index (χ1v) is 6.04. The van der Waals surface area contributed by atoms with Crippen molar-refractivity contribution >= 4 is 11.6 Å². The number of hydrogen-bond donors (Lipinski definition) is 1. The van der Waals surface area contributed by atoms with Gasteiger partial charge in [0.1, 0.15) is 12.4 Å². The van der Waals surface area contributed by atoms with E-state index < -0.39 is 0 Å². The zero-order valence-corrected chi connectivity index (χ0v) is 10.0. The smallest absolute Gasteiger partial charge is 0.137 e. The Balaban J connectivity index is 1.73. The van der Waals surface area contributed by atoms with E-state index in [1.165, 1.54) is 0 Å². The highest BCUT2D eigenvalue weighted by molar-refractivity contribution is 6.32. The van der Waals surface area contributed by atoms with Crippen LogP contribution in [0.5, 0.6) is 5.75 Å². The van der Waals surface area contributed by atoms with E-state index in [0.717, 1.165) is 38.5 Å². The van der Waals surface area contributed by atoms with Crippen molar-refractivity contribution in [1.29, 1.82) is 0 Å². The average molecular weight is 241 g/mol. The fraction of sp³-hybridized carbons (Fsp3) is 0.500. The number of piperazine rings is 1. The Morgan fingerprint density at radius 2 is 2.00 bits per heavy atom. The molecular formula is C12H17ClN2O. The van der Waals surface area contributed by atoms with Crippen LogP contribution in [0.15, 0.2) is 24.3 Å². The van der Waals surface area contributed by atoms with Gasteiger partial charge in [-0.15, -0.1) is 0 Å². The topological polar surface area (TPSA) is 24.5 Å². The lowest BCUT2D eigenvalue weighted by molar-refractivity contribution is 0.191. The van der Waals surface area contributed by atoms with Crippen molar-refractivity contribution < 1.29 is 4.74 Å². The third-order valence-electron chi connectivity index (χ3n) is 2.71. The van der Waals surface area contributed by atoms with E-state index >= 15 is 0 Å². The van der Waals surface area contributed by atoms with Crippen molar-refractivity contribution in [3.8, 4) is 5.75 Å². The number of ether oxygens (including phenoxy) is 1. The molecule has 1 N–H and O–H groups in total. The van der Waals surface area contributed by atoms with Crippen LogP contribution in [0, 0.1) is 0 Å². The van der Waals surface area contributed by atoms with E-state index in [2.05, 4.69) is 10.2 Å². The molecule has 0 aliphatic carbocycles. The standard InChI is InChI=1S/C12H17ClN2O/c13-11-3-1-2-4-12(11)16-10-9-15-7-5-14-6-8-15/h1-4,14H,5-10H2. The Kier molecular flexibility index (Phi) is 4.45. The predicted molar refractivity (Wildman–Crippen MR) is 66.3 cm³/mol. The Morgan fingerprint density at radius 3 is 2.75 bits per heavy atom. The van der Waals surface area contributed by atoms with Gasteiger partial charge >= 0.3 is 0 Å². The van der Waals surface area contributed by atoms with Crippen LogP contribution >= 0.6 is 11.6 Å². The molecule has 2 rings (SSSR count). The molecule has 4 heteroatoms. The highest BCUT2D eigenvalue weighted by Gasteiger charge is 2.09. The molecule has 1 aliphatic heterocycles. The second kappa shape index (κ2) is 6.09. The molecule has 0 radical (unpaired) electrons. The molecule has 1 aliphatic rings. The van der Waals surface area contributed by atoms with Crippen LogP contribution in [0.4, 0.5) is 0 Å². The van der Waals surface area contributed by atoms with Crippen molar-refractivity contribution in [2.45, 2.75) is 0 Å². The number of nitrogens with one attached hydrogen (secondary N) is 1. The van der Waals surface area contributed by atoms with E-state index in [9.17, 15) is 0 Å². The number of benzene rings is 1. The van der Waals surface area contributed by atoms with Crippen LogP contribution in [-0.4, -0.2) is 44.2 Å². The number of halogens is 1. The molecule has 1 aromatic carbocycles. The summed E-state index contributed by atoms with van der Waals surface area (Å²) in [7, 11) is 0. The summed E-state index contributed by atoms with van der Waals surface area (Å²) < 4.78 is 5.65. The SMILES string of the molecule is Clc1ccccc1OCCN1CCNCC1. The summed E-state index contributed by atoms with van der Waals surface area (Å²) in [5.74, 6) is 0.777. The lowest BCUT2D eigenvalue weighted by atomic mass is 10.3. The zero-order chi connectivity index (χ0) is 11.2. The third-order valence-corrected chi connectivity index (χ3v) is 3.02. The predicted octanol–water partition coefficient (Wildman–Crippen LogP) is 1.62. The van der Waals surface area contributed by atoms with Crippen LogP contribution in [0.25, 0.3) is 0 Å². The van der Waals surface area contributed by atoms with Gasteiger partial charge in [-0.1, -0.05) is 23.7 Å². The number of nitrogens with zero attached hydrogens (tertiary/aromatic N) is 1. The molecule has 0 spiro atoms. The highest BCUT2D eigenvalue weighted by Crippen LogP contribution is 2.22. The summed E-state index contributed by atoms with van der Waals surface area (Å²) in [4.78, 5) is 2.40. The third kappa shape index (κ3) is 3.37. The summed E-state index contributed by atoms with van der Waals surface area (Å²) in [5.41, 5.74) is 0. The molecule has 0 atom stereocenters. The van der Waals surface area contributed by atoms with E-state index in [1.807, 2.05) is 24.3 Å². The van der Waals surface area contributed by atoms with E-state index in [-0.39, 0.29) is 0 Å². The highest BCUT2D eigenvalue weighted by atomic mass is 35.5. The van der Waals surface area contributed by atoms with Crippen molar-refractivity contribution in [2.24, 2.45) is 0 Å². The van der Waals surface area contributed by atoms with Crippen molar-refractivity contribution in [3.63, 3.8) is 0 Å². The first-order valence-electron chi connectivity index (χ1n) is 5.66. The van der Waals surface area contributed by atoms with Crippen LogP contribution < -0.4 is 10.1 Å². The van der Waals surface area contributed by atoms with Crippen molar-refractivity contribution in [3.05, 3.63) is 29.3 Å². The van der Waals surface area contributed by atoms with Crippen molar-refractivity contribution in [1.82, 2.24) is 10.2 Å². The van der Waals surface area contributed by atoms with Gasteiger partial charge < -0.3 is 10.1 Å². The van der Waals surface area contributed by atoms with Crippen molar-refractivity contribution in [2.75, 3.05) is 39.3 Å². The molecular weight excluding hydrogens is 224 g/mol. The fourth-order valence-corrected chi connectivity index (χ4v) is 1.97. The van der Waals surface area contributed by atoms with Crippen LogP contribution in [0.3, 0.4) is 0 Å². The Labute approximate surface area is 101 Å². The van der Waals surface area contributed by atoms with Gasteiger partial charge in [-0.2, -0.15) is 0 Å². The van der Waals surface area contributed by atoms with Gasteiger partial charge in [0.2, 0.25) is 0 Å².